The lowest BCUT2D eigenvalue weighted by Gasteiger charge is -2.27. The Bertz CT molecular complexity index is 795. The molecule has 2 N–H and O–H groups in total. The quantitative estimate of drug-likeness (QED) is 0.684. The fraction of sp³-hybridized carbons (Fsp3) is 0.381. The molecule has 1 aromatic heterocycles. The van der Waals surface area contributed by atoms with Crippen molar-refractivity contribution in [2.24, 2.45) is 5.92 Å². The van der Waals surface area contributed by atoms with Crippen LogP contribution in [0.15, 0.2) is 48.7 Å². The van der Waals surface area contributed by atoms with Gasteiger partial charge in [-0.2, -0.15) is 0 Å². The summed E-state index contributed by atoms with van der Waals surface area (Å²) in [6.07, 6.45) is 1.94. The molecule has 1 saturated heterocycles. The highest BCUT2D eigenvalue weighted by atomic mass is 16.5. The summed E-state index contributed by atoms with van der Waals surface area (Å²) in [6.45, 7) is 3.53. The summed E-state index contributed by atoms with van der Waals surface area (Å²) >= 11 is 0. The van der Waals surface area contributed by atoms with Crippen molar-refractivity contribution in [1.29, 1.82) is 0 Å². The summed E-state index contributed by atoms with van der Waals surface area (Å²) in [5, 5.41) is 6.11. The van der Waals surface area contributed by atoms with Crippen molar-refractivity contribution >= 4 is 17.6 Å². The second kappa shape index (κ2) is 9.21. The maximum Gasteiger partial charge on any atom is 0.226 e. The van der Waals surface area contributed by atoms with Gasteiger partial charge in [0.1, 0.15) is 11.6 Å². The molecule has 2 atom stereocenters. The van der Waals surface area contributed by atoms with Gasteiger partial charge in [0.25, 0.3) is 0 Å². The largest absolute Gasteiger partial charge is 0.497 e. The molecule has 0 spiro atoms. The molecule has 1 aliphatic heterocycles. The lowest BCUT2D eigenvalue weighted by molar-refractivity contribution is -0.129. The fourth-order valence-corrected chi connectivity index (χ4v) is 3.59. The topological polar surface area (TPSA) is 83.6 Å². The number of rotatable bonds is 8. The molecule has 0 unspecified atom stereocenters. The monoisotopic (exact) mass is 382 g/mol. The van der Waals surface area contributed by atoms with Crippen molar-refractivity contribution < 1.29 is 14.3 Å². The number of carbonyl (C=O) groups excluding carboxylic acids is 2. The van der Waals surface area contributed by atoms with Gasteiger partial charge < -0.3 is 20.3 Å². The molecule has 7 heteroatoms. The van der Waals surface area contributed by atoms with Gasteiger partial charge >= 0.3 is 0 Å². The lowest BCUT2D eigenvalue weighted by atomic mass is 9.92. The van der Waals surface area contributed by atoms with Gasteiger partial charge in [0.15, 0.2) is 0 Å². The zero-order chi connectivity index (χ0) is 19.9. The molecule has 0 bridgehead atoms. The van der Waals surface area contributed by atoms with E-state index in [0.29, 0.717) is 19.6 Å². The number of aromatic nitrogens is 1. The van der Waals surface area contributed by atoms with Crippen LogP contribution in [0.1, 0.15) is 24.9 Å². The third kappa shape index (κ3) is 4.42. The zero-order valence-electron chi connectivity index (χ0n) is 16.2. The first-order valence-corrected chi connectivity index (χ1v) is 9.50. The molecule has 0 aliphatic carbocycles. The van der Waals surface area contributed by atoms with E-state index in [2.05, 4.69) is 15.6 Å². The van der Waals surface area contributed by atoms with Gasteiger partial charge in [0.2, 0.25) is 11.8 Å². The first-order chi connectivity index (χ1) is 13.6. The molecule has 2 heterocycles. The highest BCUT2D eigenvalue weighted by Gasteiger charge is 2.43. The van der Waals surface area contributed by atoms with E-state index in [9.17, 15) is 9.59 Å². The van der Waals surface area contributed by atoms with Crippen molar-refractivity contribution in [3.63, 3.8) is 0 Å². The molecule has 1 fully saturated rings. The molecular formula is C21H26N4O3. The van der Waals surface area contributed by atoms with Crippen molar-refractivity contribution in [2.75, 3.05) is 32.1 Å². The highest BCUT2D eigenvalue weighted by molar-refractivity contribution is 5.90. The van der Waals surface area contributed by atoms with Crippen LogP contribution < -0.4 is 15.4 Å². The predicted octanol–water partition coefficient (Wildman–Crippen LogP) is 2.23. The molecule has 2 aromatic rings. The summed E-state index contributed by atoms with van der Waals surface area (Å²) in [5.74, 6) is 1.01. The van der Waals surface area contributed by atoms with Gasteiger partial charge in [-0.15, -0.1) is 0 Å². The molecule has 0 radical (unpaired) electrons. The summed E-state index contributed by atoms with van der Waals surface area (Å²) in [6, 6.07) is 12.9. The van der Waals surface area contributed by atoms with Gasteiger partial charge in [0.05, 0.1) is 19.1 Å². The number of pyridine rings is 1. The van der Waals surface area contributed by atoms with Crippen LogP contribution in [0.2, 0.25) is 0 Å². The number of hydrogen-bond donors (Lipinski definition) is 2. The molecule has 0 saturated carbocycles. The number of anilines is 1. The van der Waals surface area contributed by atoms with E-state index in [1.165, 1.54) is 0 Å². The summed E-state index contributed by atoms with van der Waals surface area (Å²) in [7, 11) is 1.61. The molecule has 2 amide bonds. The molecule has 7 nitrogen and oxygen atoms in total. The summed E-state index contributed by atoms with van der Waals surface area (Å²) in [4.78, 5) is 31.2. The highest BCUT2D eigenvalue weighted by Crippen LogP contribution is 2.38. The SMILES string of the molecule is CCN1C(=O)C[C@@H](C(=O)NCCNc2ccccn2)[C@@H]1c1ccc(OC)cc1. The minimum atomic E-state index is -0.407. The fourth-order valence-electron chi connectivity index (χ4n) is 3.59. The van der Waals surface area contributed by atoms with Gasteiger partial charge in [-0.05, 0) is 36.8 Å². The maximum absolute atomic E-state index is 12.8. The van der Waals surface area contributed by atoms with E-state index in [-0.39, 0.29) is 24.3 Å². The Kier molecular flexibility index (Phi) is 6.47. The number of carbonyl (C=O) groups is 2. The molecule has 3 rings (SSSR count). The van der Waals surface area contributed by atoms with Crippen LogP contribution in [0, 0.1) is 5.92 Å². The van der Waals surface area contributed by atoms with E-state index in [0.717, 1.165) is 17.1 Å². The van der Waals surface area contributed by atoms with Crippen molar-refractivity contribution in [2.45, 2.75) is 19.4 Å². The number of amides is 2. The Morgan fingerprint density at radius 1 is 1.21 bits per heavy atom. The van der Waals surface area contributed by atoms with E-state index < -0.39 is 5.92 Å². The van der Waals surface area contributed by atoms with Crippen LogP contribution in [-0.2, 0) is 9.59 Å². The normalized spacial score (nSPS) is 18.8. The van der Waals surface area contributed by atoms with E-state index >= 15 is 0 Å². The molecule has 1 aromatic carbocycles. The lowest BCUT2D eigenvalue weighted by Crippen LogP contribution is -2.37. The average molecular weight is 382 g/mol. The number of nitrogens with one attached hydrogen (secondary N) is 2. The number of nitrogens with zero attached hydrogens (tertiary/aromatic N) is 2. The Labute approximate surface area is 165 Å². The molecule has 148 valence electrons. The van der Waals surface area contributed by atoms with Crippen LogP contribution in [0.4, 0.5) is 5.82 Å². The molecule has 28 heavy (non-hydrogen) atoms. The number of hydrogen-bond acceptors (Lipinski definition) is 5. The van der Waals surface area contributed by atoms with Crippen LogP contribution in [0.3, 0.4) is 0 Å². The Hall–Kier alpha value is -3.09. The minimum Gasteiger partial charge on any atom is -0.497 e. The first kappa shape index (κ1) is 19.7. The number of methoxy groups -OCH3 is 1. The van der Waals surface area contributed by atoms with Gasteiger partial charge in [-0.25, -0.2) is 4.98 Å². The van der Waals surface area contributed by atoms with E-state index in [4.69, 9.17) is 4.74 Å². The van der Waals surface area contributed by atoms with Crippen molar-refractivity contribution in [1.82, 2.24) is 15.2 Å². The van der Waals surface area contributed by atoms with Gasteiger partial charge in [0, 0.05) is 32.3 Å². The van der Waals surface area contributed by atoms with Crippen LogP contribution in [0.5, 0.6) is 5.75 Å². The third-order valence-electron chi connectivity index (χ3n) is 4.96. The zero-order valence-corrected chi connectivity index (χ0v) is 16.2. The number of ether oxygens (including phenoxy) is 1. The Morgan fingerprint density at radius 3 is 2.64 bits per heavy atom. The Morgan fingerprint density at radius 2 is 2.00 bits per heavy atom. The molecule has 1 aliphatic rings. The van der Waals surface area contributed by atoms with Crippen molar-refractivity contribution in [3.05, 3.63) is 54.2 Å². The van der Waals surface area contributed by atoms with Crippen LogP contribution >= 0.6 is 0 Å². The number of benzene rings is 1. The summed E-state index contributed by atoms with van der Waals surface area (Å²) < 4.78 is 5.21. The third-order valence-corrected chi connectivity index (χ3v) is 4.96. The van der Waals surface area contributed by atoms with Crippen LogP contribution in [-0.4, -0.2) is 48.4 Å². The minimum absolute atomic E-state index is 0.00933. The maximum atomic E-state index is 12.8. The second-order valence-electron chi connectivity index (χ2n) is 6.64. The van der Waals surface area contributed by atoms with Crippen molar-refractivity contribution in [3.8, 4) is 5.75 Å². The van der Waals surface area contributed by atoms with E-state index in [1.54, 1.807) is 18.2 Å². The first-order valence-electron chi connectivity index (χ1n) is 9.50. The van der Waals surface area contributed by atoms with E-state index in [1.807, 2.05) is 49.4 Å². The smallest absolute Gasteiger partial charge is 0.226 e. The standard InChI is InChI=1S/C21H26N4O3/c1-3-25-19(26)14-17(20(25)15-7-9-16(28-2)10-8-15)21(27)24-13-12-23-18-6-4-5-11-22-18/h4-11,17,20H,3,12-14H2,1-2H3,(H,22,23)(H,24,27)/t17-,20+/m1/s1. The predicted molar refractivity (Wildman–Crippen MR) is 107 cm³/mol. The average Bonchev–Trinajstić information content (AvgIpc) is 3.08. The Balaban J connectivity index is 1.63. The van der Waals surface area contributed by atoms with Gasteiger partial charge in [-0.3, -0.25) is 9.59 Å². The second-order valence-corrected chi connectivity index (χ2v) is 6.64. The van der Waals surface area contributed by atoms with Gasteiger partial charge in [-0.1, -0.05) is 18.2 Å². The molecular weight excluding hydrogens is 356 g/mol. The number of likely N-dealkylation sites (tertiary alicyclic amines) is 1. The summed E-state index contributed by atoms with van der Waals surface area (Å²) in [5.41, 5.74) is 0.945. The van der Waals surface area contributed by atoms with Crippen LogP contribution in [0.25, 0.3) is 0 Å².